The standard InChI is InChI=1S/C25H24N6O5S/c1-34-20-7-5-8-21(35-2)24(20)31-22(29-30-25(31)19-6-4-9-23(28-19)36-3)16-37(32,33)13-12-18-11-10-17(14-26)15-27-18/h4-11,15H,12-13,16H2,1-3H3. The highest BCUT2D eigenvalue weighted by Gasteiger charge is 2.26. The van der Waals surface area contributed by atoms with Crippen LogP contribution >= 0.6 is 0 Å². The molecule has 0 aliphatic heterocycles. The molecule has 11 nitrogen and oxygen atoms in total. The van der Waals surface area contributed by atoms with Crippen LogP contribution in [0.15, 0.2) is 54.7 Å². The lowest BCUT2D eigenvalue weighted by atomic mass is 10.2. The van der Waals surface area contributed by atoms with Gasteiger partial charge in [-0.25, -0.2) is 13.4 Å². The van der Waals surface area contributed by atoms with E-state index in [2.05, 4.69) is 20.2 Å². The van der Waals surface area contributed by atoms with Crippen molar-refractivity contribution in [3.8, 4) is 40.7 Å². The van der Waals surface area contributed by atoms with Gasteiger partial charge in [0, 0.05) is 24.4 Å². The van der Waals surface area contributed by atoms with Gasteiger partial charge in [-0.2, -0.15) is 5.26 Å². The van der Waals surface area contributed by atoms with Crippen molar-refractivity contribution in [1.29, 1.82) is 5.26 Å². The molecule has 0 radical (unpaired) electrons. The molecule has 190 valence electrons. The first-order valence-corrected chi connectivity index (χ1v) is 12.9. The molecule has 0 N–H and O–H groups in total. The van der Waals surface area contributed by atoms with Crippen molar-refractivity contribution in [3.63, 3.8) is 0 Å². The number of aromatic nitrogens is 5. The smallest absolute Gasteiger partial charge is 0.213 e. The summed E-state index contributed by atoms with van der Waals surface area (Å²) in [6.07, 6.45) is 1.60. The van der Waals surface area contributed by atoms with Crippen LogP contribution in [0.25, 0.3) is 17.2 Å². The van der Waals surface area contributed by atoms with Gasteiger partial charge < -0.3 is 14.2 Å². The Balaban J connectivity index is 1.76. The summed E-state index contributed by atoms with van der Waals surface area (Å²) in [7, 11) is 0.860. The number of para-hydroxylation sites is 1. The second kappa shape index (κ2) is 11.0. The first-order chi connectivity index (χ1) is 17.9. The van der Waals surface area contributed by atoms with Gasteiger partial charge in [0.25, 0.3) is 0 Å². The second-order valence-electron chi connectivity index (χ2n) is 7.84. The molecule has 12 heteroatoms. The van der Waals surface area contributed by atoms with Crippen molar-refractivity contribution in [2.45, 2.75) is 12.2 Å². The van der Waals surface area contributed by atoms with E-state index in [1.807, 2.05) is 6.07 Å². The van der Waals surface area contributed by atoms with Gasteiger partial charge in [-0.3, -0.25) is 9.55 Å². The number of pyridine rings is 2. The summed E-state index contributed by atoms with van der Waals surface area (Å²) in [6, 6.07) is 15.6. The Morgan fingerprint density at radius 1 is 0.946 bits per heavy atom. The van der Waals surface area contributed by atoms with E-state index in [9.17, 15) is 8.42 Å². The van der Waals surface area contributed by atoms with Crippen molar-refractivity contribution in [2.75, 3.05) is 27.1 Å². The van der Waals surface area contributed by atoms with Crippen molar-refractivity contribution in [3.05, 3.63) is 71.8 Å². The van der Waals surface area contributed by atoms with E-state index in [-0.39, 0.29) is 18.0 Å². The van der Waals surface area contributed by atoms with Gasteiger partial charge in [-0.1, -0.05) is 12.1 Å². The number of hydrogen-bond acceptors (Lipinski definition) is 10. The van der Waals surface area contributed by atoms with Gasteiger partial charge in [-0.15, -0.1) is 10.2 Å². The van der Waals surface area contributed by atoms with Crippen LogP contribution in [0.2, 0.25) is 0 Å². The first kappa shape index (κ1) is 25.6. The molecule has 0 saturated heterocycles. The van der Waals surface area contributed by atoms with E-state index in [4.69, 9.17) is 19.5 Å². The van der Waals surface area contributed by atoms with Gasteiger partial charge in [-0.05, 0) is 30.3 Å². The van der Waals surface area contributed by atoms with Crippen LogP contribution in [0.3, 0.4) is 0 Å². The summed E-state index contributed by atoms with van der Waals surface area (Å²) < 4.78 is 44.3. The lowest BCUT2D eigenvalue weighted by Crippen LogP contribution is -2.16. The molecule has 3 aromatic heterocycles. The van der Waals surface area contributed by atoms with Crippen LogP contribution in [-0.4, -0.2) is 60.2 Å². The normalized spacial score (nSPS) is 11.1. The summed E-state index contributed by atoms with van der Waals surface area (Å²) in [5.74, 6) is 1.11. The van der Waals surface area contributed by atoms with E-state index >= 15 is 0 Å². The van der Waals surface area contributed by atoms with Gasteiger partial charge >= 0.3 is 0 Å². The fraction of sp³-hybridized carbons (Fsp3) is 0.240. The highest BCUT2D eigenvalue weighted by molar-refractivity contribution is 7.90. The number of methoxy groups -OCH3 is 3. The molecular weight excluding hydrogens is 496 g/mol. The Bertz CT molecular complexity index is 1520. The van der Waals surface area contributed by atoms with Gasteiger partial charge in [0.15, 0.2) is 21.5 Å². The molecule has 0 aliphatic rings. The van der Waals surface area contributed by atoms with Crippen LogP contribution in [0.5, 0.6) is 17.4 Å². The van der Waals surface area contributed by atoms with Crippen LogP contribution in [-0.2, 0) is 22.0 Å². The number of aryl methyl sites for hydroxylation is 1. The Kier molecular flexibility index (Phi) is 7.64. The predicted molar refractivity (Wildman–Crippen MR) is 134 cm³/mol. The number of rotatable bonds is 10. The summed E-state index contributed by atoms with van der Waals surface area (Å²) in [6.45, 7) is 0. The van der Waals surface area contributed by atoms with Crippen LogP contribution in [0, 0.1) is 11.3 Å². The van der Waals surface area contributed by atoms with E-state index < -0.39 is 15.6 Å². The van der Waals surface area contributed by atoms with Crippen LogP contribution in [0.1, 0.15) is 17.1 Å². The van der Waals surface area contributed by atoms with E-state index in [0.29, 0.717) is 45.8 Å². The van der Waals surface area contributed by atoms with E-state index in [1.54, 1.807) is 53.1 Å². The van der Waals surface area contributed by atoms with Crippen LogP contribution < -0.4 is 14.2 Å². The third-order valence-electron chi connectivity index (χ3n) is 5.49. The summed E-state index contributed by atoms with van der Waals surface area (Å²) in [5.41, 5.74) is 1.84. The van der Waals surface area contributed by atoms with Crippen molar-refractivity contribution >= 4 is 9.84 Å². The molecule has 4 aromatic rings. The van der Waals surface area contributed by atoms with Crippen LogP contribution in [0.4, 0.5) is 0 Å². The lowest BCUT2D eigenvalue weighted by molar-refractivity contribution is 0.390. The Hall–Kier alpha value is -4.50. The van der Waals surface area contributed by atoms with Crippen molar-refractivity contribution < 1.29 is 22.6 Å². The fourth-order valence-electron chi connectivity index (χ4n) is 3.68. The molecule has 0 saturated carbocycles. The molecule has 1 aromatic carbocycles. The minimum atomic E-state index is -3.65. The zero-order chi connectivity index (χ0) is 26.4. The van der Waals surface area contributed by atoms with E-state index in [1.165, 1.54) is 27.5 Å². The number of nitriles is 1. The number of nitrogens with zero attached hydrogens (tertiary/aromatic N) is 6. The second-order valence-corrected chi connectivity index (χ2v) is 10.0. The summed E-state index contributed by atoms with van der Waals surface area (Å²) in [5, 5.41) is 17.4. The summed E-state index contributed by atoms with van der Waals surface area (Å²) in [4.78, 5) is 8.61. The topological polar surface area (TPSA) is 142 Å². The molecule has 0 unspecified atom stereocenters. The number of benzene rings is 1. The average Bonchev–Trinajstić information content (AvgIpc) is 3.33. The number of sulfone groups is 1. The number of hydrogen-bond donors (Lipinski definition) is 0. The monoisotopic (exact) mass is 520 g/mol. The largest absolute Gasteiger partial charge is 0.494 e. The zero-order valence-electron chi connectivity index (χ0n) is 20.5. The third-order valence-corrected chi connectivity index (χ3v) is 7.01. The lowest BCUT2D eigenvalue weighted by Gasteiger charge is -2.17. The maximum absolute atomic E-state index is 13.2. The molecule has 4 rings (SSSR count). The fourth-order valence-corrected chi connectivity index (χ4v) is 4.93. The molecule has 0 bridgehead atoms. The maximum atomic E-state index is 13.2. The Morgan fingerprint density at radius 2 is 1.68 bits per heavy atom. The molecule has 0 aliphatic carbocycles. The molecule has 0 fully saturated rings. The molecule has 0 atom stereocenters. The minimum absolute atomic E-state index is 0.162. The summed E-state index contributed by atoms with van der Waals surface area (Å²) >= 11 is 0. The minimum Gasteiger partial charge on any atom is -0.494 e. The Morgan fingerprint density at radius 3 is 2.30 bits per heavy atom. The van der Waals surface area contributed by atoms with Gasteiger partial charge in [0.1, 0.15) is 34.7 Å². The molecule has 0 amide bonds. The molecule has 37 heavy (non-hydrogen) atoms. The SMILES string of the molecule is COc1cccc(-c2nnc(CS(=O)(=O)CCc3ccc(C#N)cn3)n2-c2c(OC)cccc2OC)n1. The molecule has 3 heterocycles. The van der Waals surface area contributed by atoms with Gasteiger partial charge in [0.2, 0.25) is 5.88 Å². The maximum Gasteiger partial charge on any atom is 0.213 e. The quantitative estimate of drug-likeness (QED) is 0.306. The highest BCUT2D eigenvalue weighted by atomic mass is 32.2. The first-order valence-electron chi connectivity index (χ1n) is 11.1. The van der Waals surface area contributed by atoms with Crippen molar-refractivity contribution in [2.24, 2.45) is 0 Å². The Labute approximate surface area is 214 Å². The third kappa shape index (κ3) is 5.68. The zero-order valence-corrected chi connectivity index (χ0v) is 21.3. The average molecular weight is 521 g/mol. The van der Waals surface area contributed by atoms with Gasteiger partial charge in [0.05, 0.1) is 32.6 Å². The predicted octanol–water partition coefficient (Wildman–Crippen LogP) is 2.78. The number of ether oxygens (including phenoxy) is 3. The van der Waals surface area contributed by atoms with E-state index in [0.717, 1.165) is 0 Å². The molecule has 0 spiro atoms. The highest BCUT2D eigenvalue weighted by Crippen LogP contribution is 2.36. The van der Waals surface area contributed by atoms with Crippen molar-refractivity contribution in [1.82, 2.24) is 24.7 Å². The molecular formula is C25H24N6O5S.